The summed E-state index contributed by atoms with van der Waals surface area (Å²) in [5, 5.41) is 0. The lowest BCUT2D eigenvalue weighted by atomic mass is 9.95. The van der Waals surface area contributed by atoms with Crippen LogP contribution < -0.4 is 0 Å². The largest absolute Gasteiger partial charge is 0.333 e. The molecule has 1 aromatic rings. The van der Waals surface area contributed by atoms with Crippen LogP contribution in [0.2, 0.25) is 0 Å². The standard InChI is InChI=1S/C15H20BrNO/c1-10-6-4-7-11(2)17(10)15(18)13-8-5-9-14(16)12(13)3/h5,8-11H,4,6-7H2,1-3H3/t10-,11+. The molecule has 0 saturated carbocycles. The molecule has 0 radical (unpaired) electrons. The van der Waals surface area contributed by atoms with E-state index in [1.165, 1.54) is 6.42 Å². The molecule has 2 atom stereocenters. The zero-order valence-electron chi connectivity index (χ0n) is 11.2. The van der Waals surface area contributed by atoms with Crippen LogP contribution in [0.25, 0.3) is 0 Å². The molecule has 1 aromatic carbocycles. The van der Waals surface area contributed by atoms with Crippen molar-refractivity contribution >= 4 is 21.8 Å². The maximum Gasteiger partial charge on any atom is 0.254 e. The van der Waals surface area contributed by atoms with Gasteiger partial charge in [-0.15, -0.1) is 0 Å². The average molecular weight is 310 g/mol. The molecule has 1 aliphatic heterocycles. The Labute approximate surface area is 117 Å². The molecular formula is C15H20BrNO. The van der Waals surface area contributed by atoms with Gasteiger partial charge in [-0.05, 0) is 57.7 Å². The number of hydrogen-bond donors (Lipinski definition) is 0. The van der Waals surface area contributed by atoms with Crippen molar-refractivity contribution in [2.75, 3.05) is 0 Å². The van der Waals surface area contributed by atoms with E-state index in [-0.39, 0.29) is 5.91 Å². The summed E-state index contributed by atoms with van der Waals surface area (Å²) in [4.78, 5) is 14.8. The van der Waals surface area contributed by atoms with Gasteiger partial charge in [-0.1, -0.05) is 22.0 Å². The minimum absolute atomic E-state index is 0.175. The molecule has 18 heavy (non-hydrogen) atoms. The number of carbonyl (C=O) groups is 1. The van der Waals surface area contributed by atoms with Gasteiger partial charge in [-0.3, -0.25) is 4.79 Å². The van der Waals surface area contributed by atoms with Gasteiger partial charge in [0.1, 0.15) is 0 Å². The molecule has 1 aliphatic rings. The number of hydrogen-bond acceptors (Lipinski definition) is 1. The van der Waals surface area contributed by atoms with Crippen molar-refractivity contribution in [3.8, 4) is 0 Å². The second-order valence-corrected chi connectivity index (χ2v) is 6.11. The van der Waals surface area contributed by atoms with Crippen LogP contribution in [0.3, 0.4) is 0 Å². The number of amides is 1. The number of benzene rings is 1. The van der Waals surface area contributed by atoms with E-state index in [4.69, 9.17) is 0 Å². The molecule has 0 aliphatic carbocycles. The molecule has 1 fully saturated rings. The van der Waals surface area contributed by atoms with Crippen molar-refractivity contribution < 1.29 is 4.79 Å². The van der Waals surface area contributed by atoms with Crippen LogP contribution in [0.4, 0.5) is 0 Å². The summed E-state index contributed by atoms with van der Waals surface area (Å²) in [7, 11) is 0. The highest BCUT2D eigenvalue weighted by Gasteiger charge is 2.30. The second-order valence-electron chi connectivity index (χ2n) is 5.25. The molecule has 0 unspecified atom stereocenters. The smallest absolute Gasteiger partial charge is 0.254 e. The molecule has 98 valence electrons. The number of halogens is 1. The Morgan fingerprint density at radius 3 is 2.50 bits per heavy atom. The molecule has 0 bridgehead atoms. The summed E-state index contributed by atoms with van der Waals surface area (Å²) in [6.07, 6.45) is 3.45. The van der Waals surface area contributed by atoms with E-state index in [1.54, 1.807) is 0 Å². The maximum absolute atomic E-state index is 12.7. The van der Waals surface area contributed by atoms with E-state index in [9.17, 15) is 4.79 Å². The molecule has 0 N–H and O–H groups in total. The van der Waals surface area contributed by atoms with Gasteiger partial charge >= 0.3 is 0 Å². The molecule has 2 nitrogen and oxygen atoms in total. The molecule has 0 aromatic heterocycles. The minimum atomic E-state index is 0.175. The number of likely N-dealkylation sites (tertiary alicyclic amines) is 1. The number of piperidine rings is 1. The molecule has 3 heteroatoms. The van der Waals surface area contributed by atoms with E-state index >= 15 is 0 Å². The number of rotatable bonds is 1. The van der Waals surface area contributed by atoms with Gasteiger partial charge in [0, 0.05) is 22.1 Å². The van der Waals surface area contributed by atoms with Crippen LogP contribution in [0, 0.1) is 6.92 Å². The van der Waals surface area contributed by atoms with Crippen molar-refractivity contribution in [3.05, 3.63) is 33.8 Å². The lowest BCUT2D eigenvalue weighted by molar-refractivity contribution is 0.0510. The van der Waals surface area contributed by atoms with Crippen LogP contribution in [0.15, 0.2) is 22.7 Å². The zero-order valence-corrected chi connectivity index (χ0v) is 12.8. The van der Waals surface area contributed by atoms with Crippen LogP contribution in [0.5, 0.6) is 0 Å². The zero-order chi connectivity index (χ0) is 13.3. The summed E-state index contributed by atoms with van der Waals surface area (Å²) >= 11 is 3.50. The van der Waals surface area contributed by atoms with Crippen molar-refractivity contribution in [2.24, 2.45) is 0 Å². The second kappa shape index (κ2) is 5.43. The van der Waals surface area contributed by atoms with Crippen molar-refractivity contribution in [3.63, 3.8) is 0 Å². The lowest BCUT2D eigenvalue weighted by Crippen LogP contribution is -2.47. The first-order chi connectivity index (χ1) is 8.52. The normalized spacial score (nSPS) is 24.1. The third-order valence-corrected chi connectivity index (χ3v) is 4.79. The third-order valence-electron chi connectivity index (χ3n) is 3.93. The molecule has 0 spiro atoms. The van der Waals surface area contributed by atoms with Crippen molar-refractivity contribution in [1.82, 2.24) is 4.90 Å². The predicted octanol–water partition coefficient (Wildman–Crippen LogP) is 4.16. The Morgan fingerprint density at radius 1 is 1.28 bits per heavy atom. The summed E-state index contributed by atoms with van der Waals surface area (Å²) in [6, 6.07) is 6.54. The minimum Gasteiger partial charge on any atom is -0.333 e. The van der Waals surface area contributed by atoms with E-state index in [0.717, 1.165) is 28.4 Å². The van der Waals surface area contributed by atoms with Crippen LogP contribution >= 0.6 is 15.9 Å². The highest BCUT2D eigenvalue weighted by molar-refractivity contribution is 9.10. The monoisotopic (exact) mass is 309 g/mol. The Morgan fingerprint density at radius 2 is 1.89 bits per heavy atom. The van der Waals surface area contributed by atoms with Gasteiger partial charge in [-0.2, -0.15) is 0 Å². The molecule has 2 rings (SSSR count). The van der Waals surface area contributed by atoms with Crippen LogP contribution in [0.1, 0.15) is 49.0 Å². The SMILES string of the molecule is Cc1c(Br)cccc1C(=O)N1[C@H](C)CCC[C@@H]1C. The number of nitrogens with zero attached hydrogens (tertiary/aromatic N) is 1. The highest BCUT2D eigenvalue weighted by Crippen LogP contribution is 2.27. The maximum atomic E-state index is 12.7. The third kappa shape index (κ3) is 2.46. The Bertz CT molecular complexity index is 448. The van der Waals surface area contributed by atoms with Gasteiger partial charge in [0.15, 0.2) is 0 Å². The summed E-state index contributed by atoms with van der Waals surface area (Å²) in [5.74, 6) is 0.175. The van der Waals surface area contributed by atoms with Crippen LogP contribution in [-0.4, -0.2) is 22.9 Å². The molecule has 1 amide bonds. The number of carbonyl (C=O) groups excluding carboxylic acids is 1. The lowest BCUT2D eigenvalue weighted by Gasteiger charge is -2.39. The van der Waals surface area contributed by atoms with Gasteiger partial charge in [0.05, 0.1) is 0 Å². The van der Waals surface area contributed by atoms with E-state index < -0.39 is 0 Å². The topological polar surface area (TPSA) is 20.3 Å². The molecular weight excluding hydrogens is 290 g/mol. The van der Waals surface area contributed by atoms with Crippen molar-refractivity contribution in [2.45, 2.75) is 52.1 Å². The Kier molecular flexibility index (Phi) is 4.10. The quantitative estimate of drug-likeness (QED) is 0.762. The first kappa shape index (κ1) is 13.6. The first-order valence-electron chi connectivity index (χ1n) is 6.60. The average Bonchev–Trinajstić information content (AvgIpc) is 2.32. The molecule has 1 saturated heterocycles. The Balaban J connectivity index is 2.32. The van der Waals surface area contributed by atoms with Crippen molar-refractivity contribution in [1.29, 1.82) is 0 Å². The summed E-state index contributed by atoms with van der Waals surface area (Å²) in [5.41, 5.74) is 1.86. The van der Waals surface area contributed by atoms with Gasteiger partial charge in [0.25, 0.3) is 5.91 Å². The first-order valence-corrected chi connectivity index (χ1v) is 7.39. The van der Waals surface area contributed by atoms with Gasteiger partial charge < -0.3 is 4.90 Å². The fraction of sp³-hybridized carbons (Fsp3) is 0.533. The fourth-order valence-electron chi connectivity index (χ4n) is 2.80. The summed E-state index contributed by atoms with van der Waals surface area (Å²) in [6.45, 7) is 6.30. The van der Waals surface area contributed by atoms with E-state index in [1.807, 2.05) is 25.1 Å². The summed E-state index contributed by atoms with van der Waals surface area (Å²) < 4.78 is 1.01. The fourth-order valence-corrected chi connectivity index (χ4v) is 3.17. The van der Waals surface area contributed by atoms with Gasteiger partial charge in [0.2, 0.25) is 0 Å². The Hall–Kier alpha value is -0.830. The highest BCUT2D eigenvalue weighted by atomic mass is 79.9. The predicted molar refractivity (Wildman–Crippen MR) is 77.8 cm³/mol. The van der Waals surface area contributed by atoms with E-state index in [0.29, 0.717) is 12.1 Å². The van der Waals surface area contributed by atoms with Crippen LogP contribution in [-0.2, 0) is 0 Å². The molecule has 1 heterocycles. The van der Waals surface area contributed by atoms with Gasteiger partial charge in [-0.25, -0.2) is 0 Å². The van der Waals surface area contributed by atoms with E-state index in [2.05, 4.69) is 34.7 Å².